The Morgan fingerprint density at radius 1 is 0.897 bits per heavy atom. The first-order chi connectivity index (χ1) is 19.0. The standard InChI is InChI=1S/C33H36N4O2/c1-4-6-20-35(33(39)34-27-18-16-25(5-2)17-19-27)23-31(38)37-29-14-8-7-13-28(29)36-21-10-15-30(36)32(37)26-12-9-11-24(3)22-26/h7-19,21-22,32H,4-6,20,23H2,1-3H3,(H,34,39). The van der Waals surface area contributed by atoms with E-state index in [0.29, 0.717) is 6.54 Å². The second kappa shape index (κ2) is 11.6. The molecule has 0 radical (unpaired) electrons. The minimum absolute atomic E-state index is 0.0176. The Kier molecular flexibility index (Phi) is 7.82. The van der Waals surface area contributed by atoms with E-state index in [2.05, 4.69) is 54.9 Å². The maximum Gasteiger partial charge on any atom is 0.322 e. The van der Waals surface area contributed by atoms with E-state index in [-0.39, 0.29) is 24.5 Å². The number of urea groups is 1. The average molecular weight is 521 g/mol. The van der Waals surface area contributed by atoms with Crippen molar-refractivity contribution in [3.05, 3.63) is 114 Å². The maximum absolute atomic E-state index is 14.3. The first-order valence-electron chi connectivity index (χ1n) is 13.8. The summed E-state index contributed by atoms with van der Waals surface area (Å²) in [4.78, 5) is 31.2. The third kappa shape index (κ3) is 5.46. The lowest BCUT2D eigenvalue weighted by Crippen LogP contribution is -2.48. The van der Waals surface area contributed by atoms with Crippen molar-refractivity contribution in [2.45, 2.75) is 46.1 Å². The predicted molar refractivity (Wildman–Crippen MR) is 158 cm³/mol. The maximum atomic E-state index is 14.3. The van der Waals surface area contributed by atoms with Crippen molar-refractivity contribution in [3.8, 4) is 5.69 Å². The fourth-order valence-electron chi connectivity index (χ4n) is 5.28. The molecule has 1 aliphatic heterocycles. The summed E-state index contributed by atoms with van der Waals surface area (Å²) in [6.45, 7) is 6.74. The van der Waals surface area contributed by atoms with Crippen LogP contribution in [-0.2, 0) is 11.2 Å². The van der Waals surface area contributed by atoms with Crippen LogP contribution >= 0.6 is 0 Å². The molecule has 4 aromatic rings. The normalized spacial score (nSPS) is 13.9. The Morgan fingerprint density at radius 3 is 2.38 bits per heavy atom. The lowest BCUT2D eigenvalue weighted by molar-refractivity contribution is -0.119. The van der Waals surface area contributed by atoms with Gasteiger partial charge in [0.25, 0.3) is 0 Å². The fraction of sp³-hybridized carbons (Fsp3) is 0.273. The van der Waals surface area contributed by atoms with Gasteiger partial charge < -0.3 is 14.8 Å². The number of unbranched alkanes of at least 4 members (excludes halogenated alkanes) is 1. The minimum Gasteiger partial charge on any atom is -0.316 e. The second-order valence-corrected chi connectivity index (χ2v) is 10.1. The predicted octanol–water partition coefficient (Wildman–Crippen LogP) is 7.12. The molecule has 1 aromatic heterocycles. The number of anilines is 2. The van der Waals surface area contributed by atoms with Crippen molar-refractivity contribution < 1.29 is 9.59 Å². The number of aryl methyl sites for hydroxylation is 2. The summed E-state index contributed by atoms with van der Waals surface area (Å²) in [5.41, 5.74) is 6.92. The van der Waals surface area contributed by atoms with Crippen molar-refractivity contribution in [3.63, 3.8) is 0 Å². The molecule has 1 atom stereocenters. The van der Waals surface area contributed by atoms with E-state index in [4.69, 9.17) is 0 Å². The molecule has 5 rings (SSSR count). The minimum atomic E-state index is -0.306. The van der Waals surface area contributed by atoms with Crippen LogP contribution in [0.4, 0.5) is 16.2 Å². The smallest absolute Gasteiger partial charge is 0.316 e. The average Bonchev–Trinajstić information content (AvgIpc) is 3.45. The SMILES string of the molecule is CCCCN(CC(=O)N1c2ccccc2-n2cccc2C1c1cccc(C)c1)C(=O)Nc1ccc(CC)cc1. The van der Waals surface area contributed by atoms with Gasteiger partial charge in [-0.05, 0) is 67.3 Å². The Bertz CT molecular complexity index is 1460. The summed E-state index contributed by atoms with van der Waals surface area (Å²) in [5.74, 6) is -0.117. The second-order valence-electron chi connectivity index (χ2n) is 10.1. The third-order valence-electron chi connectivity index (χ3n) is 7.35. The number of hydrogen-bond acceptors (Lipinski definition) is 2. The van der Waals surface area contributed by atoms with Crippen molar-refractivity contribution in [1.82, 2.24) is 9.47 Å². The molecule has 2 heterocycles. The number of aromatic nitrogens is 1. The number of carbonyl (C=O) groups excluding carboxylic acids is 2. The molecule has 6 heteroatoms. The van der Waals surface area contributed by atoms with Gasteiger partial charge in [0.15, 0.2) is 0 Å². The van der Waals surface area contributed by atoms with Crippen LogP contribution in [0.3, 0.4) is 0 Å². The van der Waals surface area contributed by atoms with Gasteiger partial charge in [-0.3, -0.25) is 9.69 Å². The Labute approximate surface area is 230 Å². The molecule has 3 amide bonds. The van der Waals surface area contributed by atoms with Gasteiger partial charge in [0, 0.05) is 18.4 Å². The highest BCUT2D eigenvalue weighted by atomic mass is 16.2. The summed E-state index contributed by atoms with van der Waals surface area (Å²) in [6.07, 6.45) is 4.73. The number of para-hydroxylation sites is 2. The molecule has 0 saturated carbocycles. The van der Waals surface area contributed by atoms with Crippen LogP contribution in [0.15, 0.2) is 91.1 Å². The van der Waals surface area contributed by atoms with Crippen LogP contribution in [0, 0.1) is 6.92 Å². The monoisotopic (exact) mass is 520 g/mol. The summed E-state index contributed by atoms with van der Waals surface area (Å²) in [5, 5.41) is 3.00. The van der Waals surface area contributed by atoms with Crippen LogP contribution < -0.4 is 10.2 Å². The molecule has 200 valence electrons. The van der Waals surface area contributed by atoms with E-state index in [9.17, 15) is 9.59 Å². The zero-order chi connectivity index (χ0) is 27.4. The highest BCUT2D eigenvalue weighted by Gasteiger charge is 2.37. The van der Waals surface area contributed by atoms with Crippen LogP contribution in [-0.4, -0.2) is 34.5 Å². The molecule has 0 fully saturated rings. The van der Waals surface area contributed by atoms with Gasteiger partial charge in [0.1, 0.15) is 12.6 Å². The molecule has 1 unspecified atom stereocenters. The number of fused-ring (bicyclic) bond motifs is 3. The Hall–Kier alpha value is -4.32. The van der Waals surface area contributed by atoms with Crippen LogP contribution in [0.1, 0.15) is 55.1 Å². The number of amides is 3. The van der Waals surface area contributed by atoms with Crippen LogP contribution in [0.5, 0.6) is 0 Å². The molecule has 1 N–H and O–H groups in total. The summed E-state index contributed by atoms with van der Waals surface area (Å²) >= 11 is 0. The first kappa shape index (κ1) is 26.3. The molecule has 3 aromatic carbocycles. The van der Waals surface area contributed by atoms with Crippen LogP contribution in [0.2, 0.25) is 0 Å². The zero-order valence-electron chi connectivity index (χ0n) is 22.9. The van der Waals surface area contributed by atoms with Crippen molar-refractivity contribution in [1.29, 1.82) is 0 Å². The number of nitrogens with zero attached hydrogens (tertiary/aromatic N) is 3. The quantitative estimate of drug-likeness (QED) is 0.269. The van der Waals surface area contributed by atoms with Gasteiger partial charge >= 0.3 is 6.03 Å². The lowest BCUT2D eigenvalue weighted by Gasteiger charge is -2.39. The molecule has 6 nitrogen and oxygen atoms in total. The van der Waals surface area contributed by atoms with E-state index >= 15 is 0 Å². The Morgan fingerprint density at radius 2 is 1.67 bits per heavy atom. The topological polar surface area (TPSA) is 57.6 Å². The number of carbonyl (C=O) groups is 2. The van der Waals surface area contributed by atoms with Crippen LogP contribution in [0.25, 0.3) is 5.69 Å². The number of nitrogens with one attached hydrogen (secondary N) is 1. The van der Waals surface area contributed by atoms with E-state index in [0.717, 1.165) is 53.1 Å². The largest absolute Gasteiger partial charge is 0.322 e. The molecular weight excluding hydrogens is 484 g/mol. The van der Waals surface area contributed by atoms with Gasteiger partial charge in [-0.15, -0.1) is 0 Å². The molecule has 0 spiro atoms. The summed E-state index contributed by atoms with van der Waals surface area (Å²) < 4.78 is 2.16. The number of rotatable bonds is 8. The van der Waals surface area contributed by atoms with E-state index in [1.165, 1.54) is 5.56 Å². The van der Waals surface area contributed by atoms with Crippen molar-refractivity contribution >= 4 is 23.3 Å². The van der Waals surface area contributed by atoms with E-state index in [1.54, 1.807) is 4.90 Å². The van der Waals surface area contributed by atoms with E-state index < -0.39 is 0 Å². The van der Waals surface area contributed by atoms with E-state index in [1.807, 2.05) is 71.8 Å². The number of benzene rings is 3. The molecule has 0 saturated heterocycles. The lowest BCUT2D eigenvalue weighted by atomic mass is 9.96. The summed E-state index contributed by atoms with van der Waals surface area (Å²) in [7, 11) is 0. The summed E-state index contributed by atoms with van der Waals surface area (Å²) in [6, 6.07) is 27.7. The molecule has 1 aliphatic rings. The highest BCUT2D eigenvalue weighted by molar-refractivity contribution is 6.01. The van der Waals surface area contributed by atoms with Gasteiger partial charge in [-0.1, -0.05) is 74.4 Å². The van der Waals surface area contributed by atoms with Gasteiger partial charge in [0.2, 0.25) is 5.91 Å². The van der Waals surface area contributed by atoms with Gasteiger partial charge in [0.05, 0.1) is 17.1 Å². The molecule has 0 bridgehead atoms. The van der Waals surface area contributed by atoms with Crippen molar-refractivity contribution in [2.75, 3.05) is 23.3 Å². The highest BCUT2D eigenvalue weighted by Crippen LogP contribution is 2.42. The van der Waals surface area contributed by atoms with Gasteiger partial charge in [-0.25, -0.2) is 4.79 Å². The van der Waals surface area contributed by atoms with Gasteiger partial charge in [-0.2, -0.15) is 0 Å². The van der Waals surface area contributed by atoms with Crippen molar-refractivity contribution in [2.24, 2.45) is 0 Å². The number of hydrogen-bond donors (Lipinski definition) is 1. The Balaban J connectivity index is 1.48. The first-order valence-corrected chi connectivity index (χ1v) is 13.8. The molecular formula is C33H36N4O2. The third-order valence-corrected chi connectivity index (χ3v) is 7.35. The molecule has 39 heavy (non-hydrogen) atoms. The zero-order valence-corrected chi connectivity index (χ0v) is 22.9. The molecule has 0 aliphatic carbocycles. The fourth-order valence-corrected chi connectivity index (χ4v) is 5.28.